The van der Waals surface area contributed by atoms with Crippen LogP contribution in [0.2, 0.25) is 0 Å². The molecule has 108 valence electrons. The lowest BCUT2D eigenvalue weighted by Gasteiger charge is -2.21. The molecule has 0 aliphatic heterocycles. The number of nitrogen functional groups attached to an aromatic ring is 1. The van der Waals surface area contributed by atoms with Crippen LogP contribution in [-0.2, 0) is 10.0 Å². The fraction of sp³-hybridized carbons (Fsp3) is 0.455. The van der Waals surface area contributed by atoms with Crippen LogP contribution in [0.3, 0.4) is 0 Å². The number of nitrogens with one attached hydrogen (secondary N) is 1. The van der Waals surface area contributed by atoms with E-state index in [0.717, 1.165) is 0 Å². The van der Waals surface area contributed by atoms with E-state index in [0.29, 0.717) is 4.47 Å². The number of nitrogens with two attached hydrogens (primary N) is 1. The van der Waals surface area contributed by atoms with Crippen LogP contribution in [-0.4, -0.2) is 37.7 Å². The van der Waals surface area contributed by atoms with E-state index in [1.54, 1.807) is 13.0 Å². The minimum atomic E-state index is -3.69. The predicted molar refractivity (Wildman–Crippen MR) is 82.7 cm³/mol. The van der Waals surface area contributed by atoms with Crippen LogP contribution in [0.15, 0.2) is 27.6 Å². The quantitative estimate of drug-likeness (QED) is 0.660. The molecule has 0 amide bonds. The summed E-state index contributed by atoms with van der Waals surface area (Å²) in [6.45, 7) is 1.62. The molecular weight excluding hydrogens is 352 g/mol. The Balaban J connectivity index is 2.98. The Morgan fingerprint density at radius 3 is 2.63 bits per heavy atom. The fourth-order valence-electron chi connectivity index (χ4n) is 1.58. The number of hydrogen-bond acceptors (Lipinski definition) is 5. The van der Waals surface area contributed by atoms with Gasteiger partial charge in [0.2, 0.25) is 10.0 Å². The van der Waals surface area contributed by atoms with Crippen molar-refractivity contribution in [3.63, 3.8) is 0 Å². The van der Waals surface area contributed by atoms with Gasteiger partial charge in [-0.2, -0.15) is 11.8 Å². The second-order valence-corrected chi connectivity index (χ2v) is 7.72. The summed E-state index contributed by atoms with van der Waals surface area (Å²) in [7, 11) is -3.69. The molecule has 19 heavy (non-hydrogen) atoms. The van der Waals surface area contributed by atoms with Gasteiger partial charge in [0.1, 0.15) is 4.90 Å². The number of hydrogen-bond donors (Lipinski definition) is 3. The van der Waals surface area contributed by atoms with Gasteiger partial charge in [-0.25, -0.2) is 13.1 Å². The third kappa shape index (κ3) is 4.35. The first-order valence-electron chi connectivity index (χ1n) is 5.53. The lowest BCUT2D eigenvalue weighted by Crippen LogP contribution is -2.41. The summed E-state index contributed by atoms with van der Waals surface area (Å²) in [4.78, 5) is 0.0420. The molecule has 0 bridgehead atoms. The Morgan fingerprint density at radius 1 is 1.53 bits per heavy atom. The molecule has 4 N–H and O–H groups in total. The van der Waals surface area contributed by atoms with E-state index in [1.807, 2.05) is 6.26 Å². The Bertz CT molecular complexity index is 533. The van der Waals surface area contributed by atoms with Crippen LogP contribution >= 0.6 is 27.7 Å². The number of thioether (sulfide) groups is 1. The summed E-state index contributed by atoms with van der Waals surface area (Å²) in [5.41, 5.74) is 5.90. The molecule has 2 unspecified atom stereocenters. The predicted octanol–water partition coefficient (Wildman–Crippen LogP) is 1.42. The van der Waals surface area contributed by atoms with Crippen LogP contribution in [0.25, 0.3) is 0 Å². The average molecular weight is 369 g/mol. The monoisotopic (exact) mass is 368 g/mol. The van der Waals surface area contributed by atoms with Gasteiger partial charge in [0.05, 0.1) is 12.3 Å². The van der Waals surface area contributed by atoms with Gasteiger partial charge in [-0.05, 0) is 31.4 Å². The summed E-state index contributed by atoms with van der Waals surface area (Å²) >= 11 is 4.63. The lowest BCUT2D eigenvalue weighted by atomic mass is 10.3. The molecule has 0 aromatic heterocycles. The summed E-state index contributed by atoms with van der Waals surface area (Å²) < 4.78 is 27.7. The van der Waals surface area contributed by atoms with Gasteiger partial charge in [-0.3, -0.25) is 0 Å². The number of aliphatic hydroxyl groups is 1. The molecule has 0 fully saturated rings. The molecule has 1 rings (SSSR count). The van der Waals surface area contributed by atoms with E-state index in [-0.39, 0.29) is 22.4 Å². The van der Waals surface area contributed by atoms with Gasteiger partial charge in [0, 0.05) is 15.8 Å². The highest BCUT2D eigenvalue weighted by molar-refractivity contribution is 9.10. The van der Waals surface area contributed by atoms with Crippen LogP contribution in [0, 0.1) is 0 Å². The highest BCUT2D eigenvalue weighted by atomic mass is 79.9. The minimum absolute atomic E-state index is 0.0420. The van der Waals surface area contributed by atoms with E-state index in [4.69, 9.17) is 10.8 Å². The molecule has 1 aromatic carbocycles. The van der Waals surface area contributed by atoms with Crippen molar-refractivity contribution in [1.82, 2.24) is 4.72 Å². The molecule has 0 aliphatic rings. The molecule has 0 aliphatic carbocycles. The van der Waals surface area contributed by atoms with Crippen molar-refractivity contribution in [2.45, 2.75) is 23.1 Å². The number of halogens is 1. The van der Waals surface area contributed by atoms with Crippen molar-refractivity contribution in [2.75, 3.05) is 18.6 Å². The normalized spacial score (nSPS) is 15.2. The lowest BCUT2D eigenvalue weighted by molar-refractivity contribution is 0.282. The van der Waals surface area contributed by atoms with E-state index in [1.165, 1.54) is 23.9 Å². The van der Waals surface area contributed by atoms with E-state index >= 15 is 0 Å². The zero-order valence-corrected chi connectivity index (χ0v) is 13.8. The average Bonchev–Trinajstić information content (AvgIpc) is 2.29. The Hall–Kier alpha value is -0.280. The fourth-order valence-corrected chi connectivity index (χ4v) is 4.07. The highest BCUT2D eigenvalue weighted by Gasteiger charge is 2.24. The second-order valence-electron chi connectivity index (χ2n) is 4.05. The van der Waals surface area contributed by atoms with E-state index < -0.39 is 16.1 Å². The molecule has 2 atom stereocenters. The smallest absolute Gasteiger partial charge is 0.242 e. The molecule has 0 heterocycles. The zero-order chi connectivity index (χ0) is 14.6. The maximum atomic E-state index is 12.2. The van der Waals surface area contributed by atoms with Crippen molar-refractivity contribution in [1.29, 1.82) is 0 Å². The summed E-state index contributed by atoms with van der Waals surface area (Å²) in [6, 6.07) is 4.21. The molecule has 0 saturated heterocycles. The summed E-state index contributed by atoms with van der Waals surface area (Å²) in [5, 5.41) is 8.97. The Morgan fingerprint density at radius 2 is 2.16 bits per heavy atom. The third-order valence-corrected chi connectivity index (χ3v) is 5.93. The molecule has 1 aromatic rings. The van der Waals surface area contributed by atoms with Crippen molar-refractivity contribution in [3.8, 4) is 0 Å². The zero-order valence-electron chi connectivity index (χ0n) is 10.6. The van der Waals surface area contributed by atoms with Gasteiger partial charge < -0.3 is 10.8 Å². The first-order valence-corrected chi connectivity index (χ1v) is 9.09. The minimum Gasteiger partial charge on any atom is -0.398 e. The van der Waals surface area contributed by atoms with Crippen molar-refractivity contribution >= 4 is 43.4 Å². The Kier molecular flexibility index (Phi) is 6.13. The molecule has 0 spiro atoms. The van der Waals surface area contributed by atoms with E-state index in [9.17, 15) is 8.42 Å². The molecule has 8 heteroatoms. The maximum absolute atomic E-state index is 12.2. The third-order valence-electron chi connectivity index (χ3n) is 2.64. The maximum Gasteiger partial charge on any atom is 0.242 e. The summed E-state index contributed by atoms with van der Waals surface area (Å²) in [5.74, 6) is 0. The van der Waals surface area contributed by atoms with Crippen molar-refractivity contribution < 1.29 is 13.5 Å². The van der Waals surface area contributed by atoms with Crippen LogP contribution < -0.4 is 10.5 Å². The van der Waals surface area contributed by atoms with Gasteiger partial charge in [-0.15, -0.1) is 0 Å². The molecule has 0 saturated carbocycles. The number of benzene rings is 1. The topological polar surface area (TPSA) is 92.4 Å². The second kappa shape index (κ2) is 6.94. The van der Waals surface area contributed by atoms with Gasteiger partial charge in [0.25, 0.3) is 0 Å². The summed E-state index contributed by atoms with van der Waals surface area (Å²) in [6.07, 6.45) is 1.82. The van der Waals surface area contributed by atoms with Crippen molar-refractivity contribution in [2.24, 2.45) is 0 Å². The molecule has 0 radical (unpaired) electrons. The Labute approximate surface area is 126 Å². The number of sulfonamides is 1. The SMILES string of the molecule is CSC(CO)C(C)NS(=O)(=O)c1ccc(Br)cc1N. The standard InChI is InChI=1S/C11H17BrN2O3S2/c1-7(10(6-15)18-2)14-19(16,17)11-4-3-8(12)5-9(11)13/h3-5,7,10,14-15H,6,13H2,1-2H3. The van der Waals surface area contributed by atoms with Crippen LogP contribution in [0.5, 0.6) is 0 Å². The van der Waals surface area contributed by atoms with E-state index in [2.05, 4.69) is 20.7 Å². The van der Waals surface area contributed by atoms with Crippen LogP contribution in [0.4, 0.5) is 5.69 Å². The van der Waals surface area contributed by atoms with Crippen molar-refractivity contribution in [3.05, 3.63) is 22.7 Å². The first-order chi connectivity index (χ1) is 8.81. The number of anilines is 1. The van der Waals surface area contributed by atoms with Gasteiger partial charge >= 0.3 is 0 Å². The van der Waals surface area contributed by atoms with Gasteiger partial charge in [0.15, 0.2) is 0 Å². The first kappa shape index (κ1) is 16.8. The number of rotatable bonds is 6. The van der Waals surface area contributed by atoms with Crippen LogP contribution in [0.1, 0.15) is 6.92 Å². The highest BCUT2D eigenvalue weighted by Crippen LogP contribution is 2.23. The largest absolute Gasteiger partial charge is 0.398 e. The molecule has 5 nitrogen and oxygen atoms in total. The molecular formula is C11H17BrN2O3S2. The number of aliphatic hydroxyl groups excluding tert-OH is 1. The van der Waals surface area contributed by atoms with Gasteiger partial charge in [-0.1, -0.05) is 15.9 Å².